The molecule has 1 aromatic carbocycles. The van der Waals surface area contributed by atoms with E-state index in [1.807, 2.05) is 38.1 Å². The molecule has 7 N–H and O–H groups in total. The number of aliphatic imine (C=N–C) groups is 1. The van der Waals surface area contributed by atoms with Gasteiger partial charge in [-0.15, -0.1) is 0 Å². The van der Waals surface area contributed by atoms with E-state index in [-0.39, 0.29) is 12.4 Å². The van der Waals surface area contributed by atoms with Crippen molar-refractivity contribution in [3.05, 3.63) is 42.2 Å². The van der Waals surface area contributed by atoms with E-state index >= 15 is 0 Å². The van der Waals surface area contributed by atoms with Crippen LogP contribution in [-0.2, 0) is 11.3 Å². The minimum Gasteiger partial charge on any atom is -0.386 e. The van der Waals surface area contributed by atoms with E-state index in [1.165, 1.54) is 0 Å². The van der Waals surface area contributed by atoms with Crippen LogP contribution >= 0.6 is 0 Å². The maximum atomic E-state index is 11.7. The number of aromatic nitrogens is 2. The minimum absolute atomic E-state index is 0.0319. The maximum absolute atomic E-state index is 11.7. The number of nitrogens with two attached hydrogens (primary N) is 2. The lowest BCUT2D eigenvalue weighted by molar-refractivity contribution is -0.116. The minimum atomic E-state index is -0.499. The zero-order chi connectivity index (χ0) is 21.6. The summed E-state index contributed by atoms with van der Waals surface area (Å²) in [6.07, 6.45) is 3.27. The van der Waals surface area contributed by atoms with Crippen LogP contribution in [0.25, 0.3) is 11.1 Å². The summed E-state index contributed by atoms with van der Waals surface area (Å²) < 4.78 is 0. The van der Waals surface area contributed by atoms with Gasteiger partial charge in [0.25, 0.3) is 0 Å². The SMILES string of the molecule is CC.CNC/C(N)=N/C(=O)NCc1cccc(-c2cnc(NCC(N)=O)nc2)c1. The molecule has 1 aromatic heterocycles. The molecule has 0 fully saturated rings. The Labute approximate surface area is 170 Å². The third kappa shape index (κ3) is 8.80. The Balaban J connectivity index is 0.00000204. The Bertz CT molecular complexity index is 821. The summed E-state index contributed by atoms with van der Waals surface area (Å²) in [7, 11) is 1.72. The number of urea groups is 1. The fourth-order valence-electron chi connectivity index (χ4n) is 2.16. The number of nitrogens with zero attached hydrogens (tertiary/aromatic N) is 3. The van der Waals surface area contributed by atoms with Crippen molar-refractivity contribution in [1.29, 1.82) is 0 Å². The Kier molecular flexibility index (Phi) is 10.4. The lowest BCUT2D eigenvalue weighted by atomic mass is 10.1. The van der Waals surface area contributed by atoms with Crippen LogP contribution in [-0.4, -0.2) is 47.9 Å². The van der Waals surface area contributed by atoms with Crippen LogP contribution in [0.1, 0.15) is 19.4 Å². The molecule has 0 aliphatic carbocycles. The Hall–Kier alpha value is -3.53. The molecule has 0 radical (unpaired) electrons. The Morgan fingerprint density at radius 3 is 2.38 bits per heavy atom. The van der Waals surface area contributed by atoms with Crippen molar-refractivity contribution in [2.45, 2.75) is 20.4 Å². The highest BCUT2D eigenvalue weighted by Gasteiger charge is 2.05. The number of anilines is 1. The second kappa shape index (κ2) is 12.8. The van der Waals surface area contributed by atoms with Crippen molar-refractivity contribution in [2.24, 2.45) is 16.5 Å². The number of rotatable bonds is 8. The van der Waals surface area contributed by atoms with Crippen molar-refractivity contribution in [2.75, 3.05) is 25.5 Å². The molecule has 10 nitrogen and oxygen atoms in total. The molecule has 10 heteroatoms. The predicted octanol–water partition coefficient (Wildman–Crippen LogP) is 0.853. The van der Waals surface area contributed by atoms with Crippen LogP contribution in [0.5, 0.6) is 0 Å². The summed E-state index contributed by atoms with van der Waals surface area (Å²) in [4.78, 5) is 34.5. The highest BCUT2D eigenvalue weighted by Crippen LogP contribution is 2.19. The van der Waals surface area contributed by atoms with Crippen LogP contribution < -0.4 is 27.4 Å². The van der Waals surface area contributed by atoms with E-state index in [0.717, 1.165) is 16.7 Å². The molecule has 0 atom stereocenters. The molecule has 0 aliphatic heterocycles. The second-order valence-electron chi connectivity index (χ2n) is 5.61. The Morgan fingerprint density at radius 1 is 1.07 bits per heavy atom. The number of amides is 3. The van der Waals surface area contributed by atoms with Gasteiger partial charge in [0.1, 0.15) is 5.84 Å². The number of nitrogens with one attached hydrogen (secondary N) is 3. The summed E-state index contributed by atoms with van der Waals surface area (Å²) in [6, 6.07) is 7.07. The smallest absolute Gasteiger partial charge is 0.342 e. The fraction of sp³-hybridized carbons (Fsp3) is 0.316. The standard InChI is InChI=1S/C17H22N8O2.C2H6/c1-20-9-14(18)25-17(27)24-6-11-3-2-4-12(5-11)13-7-21-16(22-8-13)23-10-15(19)26;1-2/h2-5,7-8,20H,6,9-10H2,1H3,(H2,19,26)(H,21,22,23)(H3,18,24,25,27);1-2H3. The van der Waals surface area contributed by atoms with Crippen molar-refractivity contribution in [3.63, 3.8) is 0 Å². The topological polar surface area (TPSA) is 160 Å². The van der Waals surface area contributed by atoms with Crippen LogP contribution in [0.2, 0.25) is 0 Å². The molecule has 2 rings (SSSR count). The monoisotopic (exact) mass is 400 g/mol. The number of primary amides is 1. The van der Waals surface area contributed by atoms with Gasteiger partial charge in [0, 0.05) is 24.5 Å². The van der Waals surface area contributed by atoms with Crippen molar-refractivity contribution >= 4 is 23.7 Å². The van der Waals surface area contributed by atoms with Gasteiger partial charge in [-0.1, -0.05) is 32.0 Å². The third-order valence-electron chi connectivity index (χ3n) is 3.38. The van der Waals surface area contributed by atoms with Crippen LogP contribution in [0.15, 0.2) is 41.7 Å². The Morgan fingerprint density at radius 2 is 1.76 bits per heavy atom. The first-order valence-electron chi connectivity index (χ1n) is 9.17. The third-order valence-corrected chi connectivity index (χ3v) is 3.38. The quantitative estimate of drug-likeness (QED) is 0.324. The second-order valence-corrected chi connectivity index (χ2v) is 5.61. The number of benzene rings is 1. The number of hydrogen-bond acceptors (Lipinski definition) is 6. The van der Waals surface area contributed by atoms with E-state index in [9.17, 15) is 9.59 Å². The average molecular weight is 400 g/mol. The molecule has 156 valence electrons. The molecule has 1 heterocycles. The first-order chi connectivity index (χ1) is 14.0. The van der Waals surface area contributed by atoms with Gasteiger partial charge in [0.15, 0.2) is 0 Å². The summed E-state index contributed by atoms with van der Waals surface area (Å²) >= 11 is 0. The number of likely N-dealkylation sites (N-methyl/N-ethyl adjacent to an activating group) is 1. The highest BCUT2D eigenvalue weighted by molar-refractivity contribution is 5.93. The van der Waals surface area contributed by atoms with Gasteiger partial charge in [-0.05, 0) is 24.2 Å². The molecular weight excluding hydrogens is 372 g/mol. The molecule has 0 bridgehead atoms. The van der Waals surface area contributed by atoms with Crippen LogP contribution in [0, 0.1) is 0 Å². The average Bonchev–Trinajstić information content (AvgIpc) is 2.73. The van der Waals surface area contributed by atoms with Crippen LogP contribution in [0.4, 0.5) is 10.7 Å². The summed E-state index contributed by atoms with van der Waals surface area (Å²) in [5.41, 5.74) is 13.2. The van der Waals surface area contributed by atoms with Gasteiger partial charge in [0.05, 0.1) is 13.1 Å². The molecule has 0 saturated heterocycles. The molecule has 0 aliphatic rings. The number of carbonyl (C=O) groups excluding carboxylic acids is 2. The number of carbonyl (C=O) groups is 2. The van der Waals surface area contributed by atoms with E-state index in [0.29, 0.717) is 19.0 Å². The van der Waals surface area contributed by atoms with Crippen molar-refractivity contribution < 1.29 is 9.59 Å². The molecule has 0 unspecified atom stereocenters. The maximum Gasteiger partial charge on any atom is 0.342 e. The van der Waals surface area contributed by atoms with Gasteiger partial charge >= 0.3 is 6.03 Å². The zero-order valence-electron chi connectivity index (χ0n) is 16.9. The summed E-state index contributed by atoms with van der Waals surface area (Å²) in [5.74, 6) is 0.0402. The lowest BCUT2D eigenvalue weighted by Crippen LogP contribution is -2.29. The van der Waals surface area contributed by atoms with Gasteiger partial charge in [-0.2, -0.15) is 4.99 Å². The number of amidine groups is 1. The highest BCUT2D eigenvalue weighted by atomic mass is 16.2. The van der Waals surface area contributed by atoms with E-state index in [1.54, 1.807) is 19.4 Å². The largest absolute Gasteiger partial charge is 0.386 e. The van der Waals surface area contributed by atoms with Crippen molar-refractivity contribution in [1.82, 2.24) is 20.6 Å². The summed E-state index contributed by atoms with van der Waals surface area (Å²) in [5, 5.41) is 8.22. The van der Waals surface area contributed by atoms with Gasteiger partial charge in [0.2, 0.25) is 11.9 Å². The van der Waals surface area contributed by atoms with E-state index in [2.05, 4.69) is 30.9 Å². The van der Waals surface area contributed by atoms with E-state index in [4.69, 9.17) is 11.5 Å². The van der Waals surface area contributed by atoms with E-state index < -0.39 is 11.9 Å². The van der Waals surface area contributed by atoms with Gasteiger partial charge < -0.3 is 27.4 Å². The predicted molar refractivity (Wildman–Crippen MR) is 114 cm³/mol. The number of hydrogen-bond donors (Lipinski definition) is 5. The molecule has 3 amide bonds. The molecule has 0 saturated carbocycles. The zero-order valence-corrected chi connectivity index (χ0v) is 16.9. The molecule has 29 heavy (non-hydrogen) atoms. The first kappa shape index (κ1) is 23.5. The molecule has 0 spiro atoms. The fourth-order valence-corrected chi connectivity index (χ4v) is 2.16. The summed E-state index contributed by atoms with van der Waals surface area (Å²) in [6.45, 7) is 4.62. The first-order valence-corrected chi connectivity index (χ1v) is 9.17. The lowest BCUT2D eigenvalue weighted by Gasteiger charge is -2.07. The van der Waals surface area contributed by atoms with Gasteiger partial charge in [-0.3, -0.25) is 4.79 Å². The molecular formula is C19H28N8O2. The normalized spacial score (nSPS) is 10.5. The van der Waals surface area contributed by atoms with Crippen LogP contribution in [0.3, 0.4) is 0 Å². The molecule has 2 aromatic rings. The van der Waals surface area contributed by atoms with Gasteiger partial charge in [-0.25, -0.2) is 14.8 Å². The van der Waals surface area contributed by atoms with Crippen molar-refractivity contribution in [3.8, 4) is 11.1 Å².